The molecule has 136 valence electrons. The Morgan fingerprint density at radius 1 is 1.19 bits per heavy atom. The predicted octanol–water partition coefficient (Wildman–Crippen LogP) is 6.16. The summed E-state index contributed by atoms with van der Waals surface area (Å²) in [6.45, 7) is 7.46. The predicted molar refractivity (Wildman–Crippen MR) is 112 cm³/mol. The van der Waals surface area contributed by atoms with Crippen LogP contribution in [0.1, 0.15) is 29.4 Å². The molecular weight excluding hydrogens is 406 g/mol. The largest absolute Gasteiger partial charge is 0.274 e. The van der Waals surface area contributed by atoms with Gasteiger partial charge in [-0.3, -0.25) is 9.69 Å². The molecule has 0 aliphatic carbocycles. The summed E-state index contributed by atoms with van der Waals surface area (Å²) in [5.74, 6) is 0.610. The number of halogens is 1. The maximum absolute atomic E-state index is 12.3. The molecule has 2 aromatic heterocycles. The zero-order chi connectivity index (χ0) is 18.8. The quantitative estimate of drug-likeness (QED) is 0.461. The molecule has 2 heterocycles. The van der Waals surface area contributed by atoms with E-state index in [9.17, 15) is 4.79 Å². The average molecular weight is 424 g/mol. The van der Waals surface area contributed by atoms with Gasteiger partial charge in [-0.1, -0.05) is 29.4 Å². The van der Waals surface area contributed by atoms with Crippen LogP contribution in [-0.4, -0.2) is 15.9 Å². The molecule has 1 aromatic carbocycles. The molecule has 0 aliphatic heterocycles. The Labute approximate surface area is 170 Å². The van der Waals surface area contributed by atoms with E-state index in [1.54, 1.807) is 28.0 Å². The summed E-state index contributed by atoms with van der Waals surface area (Å²) in [5, 5.41) is 5.21. The van der Waals surface area contributed by atoms with E-state index < -0.39 is 0 Å². The first-order valence-corrected chi connectivity index (χ1v) is 11.0. The molecule has 0 radical (unpaired) electrons. The lowest BCUT2D eigenvalue weighted by molar-refractivity contribution is -0.115. The lowest BCUT2D eigenvalue weighted by Crippen LogP contribution is -2.24. The second-order valence-corrected chi connectivity index (χ2v) is 9.26. The molecule has 3 aromatic rings. The second kappa shape index (κ2) is 8.08. The Hall–Kier alpha value is -1.41. The molecule has 0 N–H and O–H groups in total. The van der Waals surface area contributed by atoms with Gasteiger partial charge in [-0.25, -0.2) is 9.97 Å². The molecule has 8 heteroatoms. The lowest BCUT2D eigenvalue weighted by Gasteiger charge is -2.22. The summed E-state index contributed by atoms with van der Waals surface area (Å²) in [4.78, 5) is 23.1. The fourth-order valence-electron chi connectivity index (χ4n) is 2.58. The number of nitrogens with zero attached hydrogens (tertiary/aromatic N) is 3. The molecular formula is C18H18ClN3OS3. The Kier molecular flexibility index (Phi) is 6.02. The summed E-state index contributed by atoms with van der Waals surface area (Å²) in [6.07, 6.45) is 0. The van der Waals surface area contributed by atoms with Crippen molar-refractivity contribution in [2.75, 3.05) is 4.90 Å². The number of thioether (sulfide) groups is 1. The minimum atomic E-state index is -0.108. The van der Waals surface area contributed by atoms with Crippen molar-refractivity contribution in [1.82, 2.24) is 9.97 Å². The van der Waals surface area contributed by atoms with E-state index in [2.05, 4.69) is 9.97 Å². The second-order valence-electron chi connectivity index (χ2n) is 5.93. The molecule has 0 aliphatic rings. The van der Waals surface area contributed by atoms with Crippen LogP contribution in [0.2, 0.25) is 5.02 Å². The van der Waals surface area contributed by atoms with Gasteiger partial charge in [-0.2, -0.15) is 0 Å². The molecule has 0 unspecified atom stereocenters. The summed E-state index contributed by atoms with van der Waals surface area (Å²) in [5.41, 5.74) is 4.68. The number of thiazole rings is 2. The highest BCUT2D eigenvalue weighted by molar-refractivity contribution is 8.00. The van der Waals surface area contributed by atoms with Crippen LogP contribution in [0.15, 0.2) is 27.2 Å². The smallest absolute Gasteiger partial charge is 0.230 e. The Morgan fingerprint density at radius 2 is 1.96 bits per heavy atom. The van der Waals surface area contributed by atoms with Crippen molar-refractivity contribution in [3.8, 4) is 0 Å². The monoisotopic (exact) mass is 423 g/mol. The number of amides is 1. The van der Waals surface area contributed by atoms with Gasteiger partial charge in [0.2, 0.25) is 5.91 Å². The van der Waals surface area contributed by atoms with Crippen molar-refractivity contribution >= 4 is 62.8 Å². The molecule has 0 bridgehead atoms. The highest BCUT2D eigenvalue weighted by Crippen LogP contribution is 2.38. The van der Waals surface area contributed by atoms with Crippen LogP contribution in [0.25, 0.3) is 0 Å². The van der Waals surface area contributed by atoms with E-state index in [4.69, 9.17) is 11.6 Å². The first kappa shape index (κ1) is 19.4. The van der Waals surface area contributed by atoms with Crippen LogP contribution in [0, 0.1) is 20.8 Å². The Balaban J connectivity index is 1.86. The van der Waals surface area contributed by atoms with Gasteiger partial charge in [0, 0.05) is 29.1 Å². The van der Waals surface area contributed by atoms with Crippen molar-refractivity contribution in [1.29, 1.82) is 0 Å². The van der Waals surface area contributed by atoms with Gasteiger partial charge in [0.1, 0.15) is 4.34 Å². The maximum atomic E-state index is 12.3. The summed E-state index contributed by atoms with van der Waals surface area (Å²) >= 11 is 11.2. The molecule has 0 fully saturated rings. The molecule has 0 spiro atoms. The van der Waals surface area contributed by atoms with Gasteiger partial charge >= 0.3 is 0 Å². The number of carbonyl (C=O) groups is 1. The van der Waals surface area contributed by atoms with Crippen molar-refractivity contribution in [2.45, 2.75) is 37.8 Å². The number of anilines is 2. The molecule has 26 heavy (non-hydrogen) atoms. The zero-order valence-electron chi connectivity index (χ0n) is 14.9. The first-order chi connectivity index (χ1) is 12.3. The van der Waals surface area contributed by atoms with Crippen molar-refractivity contribution in [3.05, 3.63) is 50.4 Å². The Bertz CT molecular complexity index is 928. The van der Waals surface area contributed by atoms with Gasteiger partial charge in [0.25, 0.3) is 0 Å². The number of benzene rings is 1. The Morgan fingerprint density at radius 3 is 2.58 bits per heavy atom. The van der Waals surface area contributed by atoms with Crippen LogP contribution in [0.5, 0.6) is 0 Å². The van der Waals surface area contributed by atoms with Crippen molar-refractivity contribution in [2.24, 2.45) is 0 Å². The van der Waals surface area contributed by atoms with E-state index >= 15 is 0 Å². The summed E-state index contributed by atoms with van der Waals surface area (Å²) < 4.78 is 1.03. The number of aromatic nitrogens is 2. The third-order valence-corrected chi connectivity index (χ3v) is 6.94. The highest BCUT2D eigenvalue weighted by atomic mass is 35.5. The number of rotatable bonds is 5. The molecule has 0 atom stereocenters. The average Bonchev–Trinajstić information content (AvgIpc) is 3.17. The minimum Gasteiger partial charge on any atom is -0.274 e. The van der Waals surface area contributed by atoms with Gasteiger partial charge in [0.05, 0.1) is 16.4 Å². The van der Waals surface area contributed by atoms with Gasteiger partial charge < -0.3 is 0 Å². The van der Waals surface area contributed by atoms with Gasteiger partial charge in [0.15, 0.2) is 5.13 Å². The summed E-state index contributed by atoms with van der Waals surface area (Å²) in [7, 11) is 0. The lowest BCUT2D eigenvalue weighted by atomic mass is 10.1. The minimum absolute atomic E-state index is 0.108. The van der Waals surface area contributed by atoms with E-state index in [-0.39, 0.29) is 5.91 Å². The van der Waals surface area contributed by atoms with Crippen LogP contribution in [-0.2, 0) is 10.5 Å². The van der Waals surface area contributed by atoms with E-state index in [0.717, 1.165) is 32.6 Å². The number of carbonyl (C=O) groups excluding carboxylic acids is 1. The van der Waals surface area contributed by atoms with E-state index in [1.165, 1.54) is 18.3 Å². The fourth-order valence-corrected chi connectivity index (χ4v) is 5.70. The fraction of sp³-hybridized carbons (Fsp3) is 0.278. The highest BCUT2D eigenvalue weighted by Gasteiger charge is 2.22. The van der Waals surface area contributed by atoms with Crippen LogP contribution in [0.3, 0.4) is 0 Å². The van der Waals surface area contributed by atoms with Gasteiger partial charge in [-0.15, -0.1) is 22.7 Å². The standard InChI is InChI=1S/C18H18ClN3OS3/c1-10-5-11(2)16(15(19)6-10)22(13(4)23)17-21-14(8-24-17)9-26-18-20-12(3)7-25-18/h5-8H,9H2,1-4H3. The molecule has 0 saturated carbocycles. The number of aryl methyl sites for hydroxylation is 3. The first-order valence-electron chi connectivity index (χ1n) is 7.92. The van der Waals surface area contributed by atoms with Crippen molar-refractivity contribution in [3.63, 3.8) is 0 Å². The molecule has 3 rings (SSSR count). The topological polar surface area (TPSA) is 46.1 Å². The summed E-state index contributed by atoms with van der Waals surface area (Å²) in [6, 6.07) is 3.89. The van der Waals surface area contributed by atoms with Crippen LogP contribution < -0.4 is 4.90 Å². The molecule has 0 saturated heterocycles. The molecule has 4 nitrogen and oxygen atoms in total. The van der Waals surface area contributed by atoms with Crippen molar-refractivity contribution < 1.29 is 4.79 Å². The van der Waals surface area contributed by atoms with Gasteiger partial charge in [-0.05, 0) is 38.0 Å². The third-order valence-electron chi connectivity index (χ3n) is 3.61. The zero-order valence-corrected chi connectivity index (χ0v) is 18.1. The SMILES string of the molecule is CC(=O)N(c1nc(CSc2nc(C)cs2)cs1)c1c(C)cc(C)cc1Cl. The molecule has 1 amide bonds. The third kappa shape index (κ3) is 4.28. The van der Waals surface area contributed by atoms with E-state index in [0.29, 0.717) is 15.8 Å². The number of hydrogen-bond donors (Lipinski definition) is 0. The maximum Gasteiger partial charge on any atom is 0.230 e. The van der Waals surface area contributed by atoms with Crippen LogP contribution in [0.4, 0.5) is 10.8 Å². The normalized spacial score (nSPS) is 11.0. The number of hydrogen-bond acceptors (Lipinski definition) is 6. The van der Waals surface area contributed by atoms with E-state index in [1.807, 2.05) is 43.7 Å². The van der Waals surface area contributed by atoms with Crippen LogP contribution >= 0.6 is 46.0 Å².